The third-order valence-electron chi connectivity index (χ3n) is 6.14. The molecule has 3 aliphatic rings. The fraction of sp³-hybridized carbons (Fsp3) is 0.261. The second-order valence-corrected chi connectivity index (χ2v) is 9.94. The minimum atomic E-state index is -0.209. The topological polar surface area (TPSA) is 61.1 Å². The van der Waals surface area contributed by atoms with Gasteiger partial charge in [0.05, 0.1) is 27.2 Å². The summed E-state index contributed by atoms with van der Waals surface area (Å²) in [5.41, 5.74) is 4.74. The number of halogens is 2. The molecule has 9 heteroatoms. The van der Waals surface area contributed by atoms with Gasteiger partial charge in [0.1, 0.15) is 5.03 Å². The van der Waals surface area contributed by atoms with Crippen molar-refractivity contribution in [1.82, 2.24) is 14.9 Å². The Morgan fingerprint density at radius 1 is 1.06 bits per heavy atom. The van der Waals surface area contributed by atoms with Gasteiger partial charge in [-0.3, -0.25) is 14.6 Å². The lowest BCUT2D eigenvalue weighted by molar-refractivity contribution is 0.0985. The number of nitrogens with zero attached hydrogens (tertiary/aromatic N) is 4. The largest absolute Gasteiger partial charge is 0.324 e. The molecule has 1 amide bonds. The van der Waals surface area contributed by atoms with Crippen LogP contribution in [0.2, 0.25) is 10.0 Å². The highest BCUT2D eigenvalue weighted by Crippen LogP contribution is 2.39. The Morgan fingerprint density at radius 2 is 1.84 bits per heavy atom. The van der Waals surface area contributed by atoms with Gasteiger partial charge in [-0.15, -0.1) is 0 Å². The lowest BCUT2D eigenvalue weighted by Gasteiger charge is -2.28. The van der Waals surface area contributed by atoms with E-state index in [2.05, 4.69) is 38.4 Å². The zero-order valence-electron chi connectivity index (χ0n) is 17.0. The van der Waals surface area contributed by atoms with Crippen molar-refractivity contribution in [2.24, 2.45) is 0 Å². The summed E-state index contributed by atoms with van der Waals surface area (Å²) >= 11 is 14.1. The van der Waals surface area contributed by atoms with Crippen molar-refractivity contribution in [3.63, 3.8) is 0 Å². The fourth-order valence-electron chi connectivity index (χ4n) is 4.41. The highest BCUT2D eigenvalue weighted by molar-refractivity contribution is 7.99. The molecule has 0 spiro atoms. The molecule has 2 aromatic carbocycles. The maximum Gasteiger partial charge on any atom is 0.263 e. The number of fused-ring (bicyclic) bond motifs is 2. The van der Waals surface area contributed by atoms with Gasteiger partial charge in [-0.1, -0.05) is 47.1 Å². The van der Waals surface area contributed by atoms with Crippen molar-refractivity contribution in [2.45, 2.75) is 23.9 Å². The molecule has 32 heavy (non-hydrogen) atoms. The number of hydrogen-bond donors (Lipinski definition) is 1. The summed E-state index contributed by atoms with van der Waals surface area (Å²) in [6.45, 7) is 2.45. The molecular weight excluding hydrogens is 465 g/mol. The van der Waals surface area contributed by atoms with Gasteiger partial charge in [0.25, 0.3) is 5.91 Å². The van der Waals surface area contributed by atoms with Crippen LogP contribution in [-0.4, -0.2) is 45.8 Å². The summed E-state index contributed by atoms with van der Waals surface area (Å²) in [6.07, 6.45) is 3.80. The van der Waals surface area contributed by atoms with Gasteiger partial charge in [-0.25, -0.2) is 9.97 Å². The number of anilines is 3. The molecule has 0 bridgehead atoms. The number of thioether (sulfide) groups is 1. The summed E-state index contributed by atoms with van der Waals surface area (Å²) in [5.74, 6) is 0.648. The molecule has 1 aliphatic carbocycles. The first-order valence-electron chi connectivity index (χ1n) is 10.5. The lowest BCUT2D eigenvalue weighted by Crippen LogP contribution is -2.35. The summed E-state index contributed by atoms with van der Waals surface area (Å²) in [5, 5.41) is 4.82. The van der Waals surface area contributed by atoms with Gasteiger partial charge in [-0.05, 0) is 48.2 Å². The van der Waals surface area contributed by atoms with Gasteiger partial charge in [-0.2, -0.15) is 0 Å². The number of hydrogen-bond acceptors (Lipinski definition) is 6. The maximum atomic E-state index is 13.1. The molecule has 6 nitrogen and oxygen atoms in total. The number of rotatable bonds is 4. The zero-order valence-corrected chi connectivity index (χ0v) is 19.3. The van der Waals surface area contributed by atoms with E-state index in [-0.39, 0.29) is 5.91 Å². The number of aromatic nitrogens is 2. The van der Waals surface area contributed by atoms with E-state index in [1.165, 1.54) is 36.0 Å². The number of carbonyl (C=O) groups excluding carboxylic acids is 1. The van der Waals surface area contributed by atoms with Gasteiger partial charge < -0.3 is 5.32 Å². The second-order valence-electron chi connectivity index (χ2n) is 8.20. The zero-order chi connectivity index (χ0) is 21.8. The van der Waals surface area contributed by atoms with E-state index in [4.69, 9.17) is 23.2 Å². The van der Waals surface area contributed by atoms with Crippen LogP contribution in [0, 0.1) is 0 Å². The number of nitrogens with one attached hydrogen (secondary N) is 1. The van der Waals surface area contributed by atoms with Crippen molar-refractivity contribution in [2.75, 3.05) is 29.2 Å². The van der Waals surface area contributed by atoms with Crippen LogP contribution in [0.5, 0.6) is 0 Å². The lowest BCUT2D eigenvalue weighted by atomic mass is 10.1. The van der Waals surface area contributed by atoms with Crippen LogP contribution in [0.15, 0.2) is 47.6 Å². The van der Waals surface area contributed by atoms with E-state index in [1.54, 1.807) is 29.3 Å². The van der Waals surface area contributed by atoms with Crippen LogP contribution >= 0.6 is 35.0 Å². The van der Waals surface area contributed by atoms with Crippen LogP contribution in [0.4, 0.5) is 17.3 Å². The molecule has 0 saturated carbocycles. The molecule has 3 aromatic rings. The third-order valence-corrected chi connectivity index (χ3v) is 7.72. The van der Waals surface area contributed by atoms with Crippen molar-refractivity contribution >= 4 is 58.2 Å². The number of carbonyl (C=O) groups is 1. The van der Waals surface area contributed by atoms with E-state index in [0.717, 1.165) is 18.5 Å². The Hall–Kier alpha value is -2.32. The Kier molecular flexibility index (Phi) is 5.02. The fourth-order valence-corrected chi connectivity index (χ4v) is 5.95. The van der Waals surface area contributed by atoms with Crippen molar-refractivity contribution in [1.29, 1.82) is 0 Å². The highest BCUT2D eigenvalue weighted by atomic mass is 35.5. The van der Waals surface area contributed by atoms with Gasteiger partial charge in [0, 0.05) is 31.0 Å². The van der Waals surface area contributed by atoms with Crippen LogP contribution < -0.4 is 10.2 Å². The molecule has 1 saturated heterocycles. The number of benzene rings is 2. The molecule has 1 fully saturated rings. The first-order chi connectivity index (χ1) is 15.6. The minimum absolute atomic E-state index is 0.209. The summed E-state index contributed by atoms with van der Waals surface area (Å²) < 4.78 is 0. The molecular formula is C23H19Cl2N5OS. The number of para-hydroxylation sites is 1. The van der Waals surface area contributed by atoms with Crippen LogP contribution in [0.25, 0.3) is 0 Å². The van der Waals surface area contributed by atoms with E-state index < -0.39 is 0 Å². The molecule has 6 rings (SSSR count). The Morgan fingerprint density at radius 3 is 2.62 bits per heavy atom. The molecule has 0 radical (unpaired) electrons. The predicted molar refractivity (Wildman–Crippen MR) is 129 cm³/mol. The number of amides is 1. The van der Waals surface area contributed by atoms with Crippen molar-refractivity contribution in [3.05, 3.63) is 69.3 Å². The van der Waals surface area contributed by atoms with Crippen LogP contribution in [0.1, 0.15) is 21.5 Å². The summed E-state index contributed by atoms with van der Waals surface area (Å²) in [7, 11) is 0. The SMILES string of the molecule is O=C1c2cnc(Nc3ccc4c(c3)CC(N3CC3)C4)nc2SCN1c1c(Cl)cccc1Cl. The van der Waals surface area contributed by atoms with Crippen molar-refractivity contribution < 1.29 is 4.79 Å². The third kappa shape index (κ3) is 3.63. The predicted octanol–water partition coefficient (Wildman–Crippen LogP) is 5.02. The summed E-state index contributed by atoms with van der Waals surface area (Å²) in [6, 6.07) is 12.3. The van der Waals surface area contributed by atoms with E-state index in [1.807, 2.05) is 0 Å². The smallest absolute Gasteiger partial charge is 0.263 e. The van der Waals surface area contributed by atoms with Crippen molar-refractivity contribution in [3.8, 4) is 0 Å². The Bertz CT molecular complexity index is 1230. The Balaban J connectivity index is 1.22. The standard InChI is InChI=1S/C23H19Cl2N5OS/c24-18-2-1-3-19(25)20(18)30-12-32-21-17(22(30)31)11-26-23(28-21)27-15-5-4-13-9-16(29-6-7-29)10-14(13)8-15/h1-5,8,11,16H,6-7,9-10,12H2,(H,26,27,28). The molecule has 3 heterocycles. The van der Waals surface area contributed by atoms with Gasteiger partial charge in [0.2, 0.25) is 5.95 Å². The molecule has 1 atom stereocenters. The minimum Gasteiger partial charge on any atom is -0.324 e. The molecule has 162 valence electrons. The molecule has 2 aliphatic heterocycles. The molecule has 1 unspecified atom stereocenters. The quantitative estimate of drug-likeness (QED) is 0.415. The monoisotopic (exact) mass is 483 g/mol. The summed E-state index contributed by atoms with van der Waals surface area (Å²) in [4.78, 5) is 26.2. The highest BCUT2D eigenvalue weighted by Gasteiger charge is 2.33. The average Bonchev–Trinajstić information content (AvgIpc) is 3.54. The van der Waals surface area contributed by atoms with Crippen LogP contribution in [-0.2, 0) is 12.8 Å². The first-order valence-corrected chi connectivity index (χ1v) is 12.2. The van der Waals surface area contributed by atoms with E-state index in [9.17, 15) is 4.79 Å². The van der Waals surface area contributed by atoms with Gasteiger partial charge >= 0.3 is 0 Å². The normalized spacial score (nSPS) is 19.6. The molecule has 1 aromatic heterocycles. The van der Waals surface area contributed by atoms with E-state index >= 15 is 0 Å². The van der Waals surface area contributed by atoms with Gasteiger partial charge in [0.15, 0.2) is 0 Å². The average molecular weight is 484 g/mol. The first kappa shape index (κ1) is 20.3. The molecule has 1 N–H and O–H groups in total. The van der Waals surface area contributed by atoms with E-state index in [0.29, 0.717) is 44.2 Å². The Labute approximate surface area is 199 Å². The van der Waals surface area contributed by atoms with Crippen LogP contribution in [0.3, 0.4) is 0 Å². The second kappa shape index (κ2) is 7.92. The maximum absolute atomic E-state index is 13.1.